The fourth-order valence-electron chi connectivity index (χ4n) is 3.17. The van der Waals surface area contributed by atoms with Crippen LogP contribution in [-0.2, 0) is 0 Å². The summed E-state index contributed by atoms with van der Waals surface area (Å²) in [4.78, 5) is 26.5. The second-order valence-corrected chi connectivity index (χ2v) is 6.26. The molecule has 1 unspecified atom stereocenters. The lowest BCUT2D eigenvalue weighted by Crippen LogP contribution is -2.45. The van der Waals surface area contributed by atoms with Crippen LogP contribution in [0.1, 0.15) is 33.6 Å². The lowest BCUT2D eigenvalue weighted by atomic mass is 10.0. The van der Waals surface area contributed by atoms with Crippen LogP contribution in [0.2, 0.25) is 0 Å². The van der Waals surface area contributed by atoms with Crippen molar-refractivity contribution in [2.75, 3.05) is 25.5 Å². The summed E-state index contributed by atoms with van der Waals surface area (Å²) in [5, 5.41) is 6.09. The predicted molar refractivity (Wildman–Crippen MR) is 98.8 cm³/mol. The van der Waals surface area contributed by atoms with Crippen LogP contribution in [0.15, 0.2) is 54.6 Å². The van der Waals surface area contributed by atoms with E-state index in [0.29, 0.717) is 17.7 Å². The molecule has 5 heteroatoms. The zero-order valence-electron chi connectivity index (χ0n) is 14.4. The number of carbonyl (C=O) groups excluding carboxylic acids is 2. The molecule has 1 atom stereocenters. The van der Waals surface area contributed by atoms with Gasteiger partial charge in [-0.2, -0.15) is 0 Å². The Bertz CT molecular complexity index is 746. The summed E-state index contributed by atoms with van der Waals surface area (Å²) < 4.78 is 0. The Morgan fingerprint density at radius 1 is 1.04 bits per heavy atom. The number of hydrogen-bond donors (Lipinski definition) is 2. The van der Waals surface area contributed by atoms with Gasteiger partial charge < -0.3 is 15.5 Å². The Kier molecular flexibility index (Phi) is 5.33. The van der Waals surface area contributed by atoms with Crippen LogP contribution < -0.4 is 10.6 Å². The van der Waals surface area contributed by atoms with Gasteiger partial charge >= 0.3 is 0 Å². The number of rotatable bonds is 4. The summed E-state index contributed by atoms with van der Waals surface area (Å²) in [6.07, 6.45) is 2.00. The van der Waals surface area contributed by atoms with Gasteiger partial charge in [0.1, 0.15) is 0 Å². The largest absolute Gasteiger partial charge is 0.381 e. The van der Waals surface area contributed by atoms with E-state index in [0.717, 1.165) is 25.1 Å². The van der Waals surface area contributed by atoms with E-state index in [4.69, 9.17) is 0 Å². The van der Waals surface area contributed by atoms with Gasteiger partial charge in [0.2, 0.25) is 0 Å². The van der Waals surface area contributed by atoms with E-state index in [1.54, 1.807) is 31.3 Å². The number of para-hydroxylation sites is 1. The van der Waals surface area contributed by atoms with Gasteiger partial charge in [-0.05, 0) is 43.2 Å². The van der Waals surface area contributed by atoms with E-state index in [1.165, 1.54) is 0 Å². The second-order valence-electron chi connectivity index (χ2n) is 6.26. The molecule has 1 aliphatic rings. The third kappa shape index (κ3) is 4.18. The number of nitrogens with one attached hydrogen (secondary N) is 2. The summed E-state index contributed by atoms with van der Waals surface area (Å²) in [5.41, 5.74) is 2.13. The number of benzene rings is 2. The highest BCUT2D eigenvalue weighted by atomic mass is 16.2. The molecule has 0 radical (unpaired) electrons. The Morgan fingerprint density at radius 2 is 1.80 bits per heavy atom. The highest BCUT2D eigenvalue weighted by Crippen LogP contribution is 2.18. The predicted octanol–water partition coefficient (Wildman–Crippen LogP) is 2.76. The second kappa shape index (κ2) is 7.83. The van der Waals surface area contributed by atoms with Crippen molar-refractivity contribution in [3.63, 3.8) is 0 Å². The molecule has 2 aromatic carbocycles. The number of anilines is 1. The van der Waals surface area contributed by atoms with E-state index in [-0.39, 0.29) is 17.9 Å². The third-order valence-corrected chi connectivity index (χ3v) is 4.45. The monoisotopic (exact) mass is 337 g/mol. The Labute approximate surface area is 148 Å². The molecule has 0 spiro atoms. The van der Waals surface area contributed by atoms with Crippen molar-refractivity contribution in [2.24, 2.45) is 0 Å². The van der Waals surface area contributed by atoms with Gasteiger partial charge in [-0.3, -0.25) is 9.59 Å². The average Bonchev–Trinajstić information content (AvgIpc) is 2.68. The standard InChI is InChI=1S/C20H23N3O2/c1-21-19(24)15-7-5-8-16(13-15)20(25)23-12-6-11-18(14-23)22-17-9-3-2-4-10-17/h2-5,7-10,13,18,22H,6,11-12,14H2,1H3,(H,21,24). The van der Waals surface area contributed by atoms with Crippen LogP contribution in [0, 0.1) is 0 Å². The van der Waals surface area contributed by atoms with Crippen LogP contribution in [0.5, 0.6) is 0 Å². The number of amides is 2. The Morgan fingerprint density at radius 3 is 2.56 bits per heavy atom. The first-order valence-corrected chi connectivity index (χ1v) is 8.60. The molecule has 25 heavy (non-hydrogen) atoms. The number of likely N-dealkylation sites (tertiary alicyclic amines) is 1. The molecule has 2 N–H and O–H groups in total. The van der Waals surface area contributed by atoms with E-state index >= 15 is 0 Å². The van der Waals surface area contributed by atoms with Crippen molar-refractivity contribution in [1.29, 1.82) is 0 Å². The van der Waals surface area contributed by atoms with Crippen LogP contribution >= 0.6 is 0 Å². The van der Waals surface area contributed by atoms with Gasteiger partial charge in [0.15, 0.2) is 0 Å². The van der Waals surface area contributed by atoms with Crippen molar-refractivity contribution >= 4 is 17.5 Å². The smallest absolute Gasteiger partial charge is 0.253 e. The molecule has 2 aromatic rings. The summed E-state index contributed by atoms with van der Waals surface area (Å²) >= 11 is 0. The molecule has 0 bridgehead atoms. The lowest BCUT2D eigenvalue weighted by Gasteiger charge is -2.33. The molecule has 0 aliphatic carbocycles. The molecular weight excluding hydrogens is 314 g/mol. The lowest BCUT2D eigenvalue weighted by molar-refractivity contribution is 0.0715. The average molecular weight is 337 g/mol. The normalized spacial score (nSPS) is 17.0. The quantitative estimate of drug-likeness (QED) is 0.902. The Balaban J connectivity index is 1.68. The number of hydrogen-bond acceptors (Lipinski definition) is 3. The molecular formula is C20H23N3O2. The third-order valence-electron chi connectivity index (χ3n) is 4.45. The maximum atomic E-state index is 12.8. The maximum Gasteiger partial charge on any atom is 0.253 e. The minimum absolute atomic E-state index is 0.0229. The molecule has 1 aliphatic heterocycles. The zero-order valence-corrected chi connectivity index (χ0v) is 14.4. The van der Waals surface area contributed by atoms with Gasteiger partial charge in [0.05, 0.1) is 0 Å². The van der Waals surface area contributed by atoms with Crippen molar-refractivity contribution in [3.05, 3.63) is 65.7 Å². The molecule has 2 amide bonds. The minimum atomic E-state index is -0.183. The number of carbonyl (C=O) groups is 2. The number of piperidine rings is 1. The van der Waals surface area contributed by atoms with E-state index in [1.807, 2.05) is 35.2 Å². The van der Waals surface area contributed by atoms with Gasteiger partial charge in [0, 0.05) is 43.0 Å². The fourth-order valence-corrected chi connectivity index (χ4v) is 3.17. The van der Waals surface area contributed by atoms with Gasteiger partial charge in [-0.1, -0.05) is 24.3 Å². The highest BCUT2D eigenvalue weighted by molar-refractivity contribution is 5.99. The summed E-state index contributed by atoms with van der Waals surface area (Å²) in [6, 6.07) is 17.2. The first-order chi connectivity index (χ1) is 12.2. The molecule has 1 heterocycles. The van der Waals surface area contributed by atoms with E-state index in [9.17, 15) is 9.59 Å². The molecule has 1 saturated heterocycles. The van der Waals surface area contributed by atoms with Gasteiger partial charge in [-0.15, -0.1) is 0 Å². The van der Waals surface area contributed by atoms with Gasteiger partial charge in [-0.25, -0.2) is 0 Å². The topological polar surface area (TPSA) is 61.4 Å². The van der Waals surface area contributed by atoms with Crippen molar-refractivity contribution < 1.29 is 9.59 Å². The van der Waals surface area contributed by atoms with Crippen LogP contribution in [0.4, 0.5) is 5.69 Å². The molecule has 130 valence electrons. The molecule has 0 saturated carbocycles. The van der Waals surface area contributed by atoms with Crippen molar-refractivity contribution in [2.45, 2.75) is 18.9 Å². The van der Waals surface area contributed by atoms with E-state index in [2.05, 4.69) is 10.6 Å². The first kappa shape index (κ1) is 17.0. The minimum Gasteiger partial charge on any atom is -0.381 e. The highest BCUT2D eigenvalue weighted by Gasteiger charge is 2.24. The molecule has 5 nitrogen and oxygen atoms in total. The van der Waals surface area contributed by atoms with E-state index < -0.39 is 0 Å². The number of nitrogens with zero attached hydrogens (tertiary/aromatic N) is 1. The van der Waals surface area contributed by atoms with Crippen LogP contribution in [-0.4, -0.2) is 42.9 Å². The fraction of sp³-hybridized carbons (Fsp3) is 0.300. The van der Waals surface area contributed by atoms with Crippen molar-refractivity contribution in [3.8, 4) is 0 Å². The van der Waals surface area contributed by atoms with Crippen molar-refractivity contribution in [1.82, 2.24) is 10.2 Å². The first-order valence-electron chi connectivity index (χ1n) is 8.60. The molecule has 0 aromatic heterocycles. The Hall–Kier alpha value is -2.82. The summed E-state index contributed by atoms with van der Waals surface area (Å²) in [5.74, 6) is -0.206. The SMILES string of the molecule is CNC(=O)c1cccc(C(=O)N2CCCC(Nc3ccccc3)C2)c1. The summed E-state index contributed by atoms with van der Waals surface area (Å²) in [6.45, 7) is 1.41. The van der Waals surface area contributed by atoms with Crippen LogP contribution in [0.3, 0.4) is 0 Å². The zero-order chi connectivity index (χ0) is 17.6. The molecule has 1 fully saturated rings. The molecule has 3 rings (SSSR count). The summed E-state index contributed by atoms with van der Waals surface area (Å²) in [7, 11) is 1.58. The van der Waals surface area contributed by atoms with Crippen LogP contribution in [0.25, 0.3) is 0 Å². The van der Waals surface area contributed by atoms with Gasteiger partial charge in [0.25, 0.3) is 11.8 Å². The maximum absolute atomic E-state index is 12.8.